The van der Waals surface area contributed by atoms with Gasteiger partial charge in [-0.2, -0.15) is 0 Å². The molecule has 0 bridgehead atoms. The topological polar surface area (TPSA) is 80.9 Å². The summed E-state index contributed by atoms with van der Waals surface area (Å²) in [6.45, 7) is 2.13. The molecular formula is C19H15FN4O2S. The minimum atomic E-state index is -0.672. The van der Waals surface area contributed by atoms with Crippen LogP contribution in [0.2, 0.25) is 0 Å². The standard InChI is InChI=1S/C19H15FN4O2S/c1-11-8-16(15-5-7-23-26-15)27-18(11)12-2-3-17(22-9-12)24-19(25)13-4-6-21-10-14(13)20/h2-11,18H,1H3,(H,22,24,25). The Kier molecular flexibility index (Phi) is 4.72. The average molecular weight is 382 g/mol. The number of nitrogens with zero attached hydrogens (tertiary/aromatic N) is 3. The van der Waals surface area contributed by atoms with Crippen LogP contribution in [-0.4, -0.2) is 21.0 Å². The Balaban J connectivity index is 1.45. The average Bonchev–Trinajstić information content (AvgIpc) is 3.32. The first kappa shape index (κ1) is 17.4. The van der Waals surface area contributed by atoms with Gasteiger partial charge in [-0.15, -0.1) is 11.8 Å². The number of aromatic nitrogens is 3. The molecule has 4 heterocycles. The summed E-state index contributed by atoms with van der Waals surface area (Å²) in [6.07, 6.45) is 7.87. The zero-order valence-corrected chi connectivity index (χ0v) is 15.1. The lowest BCUT2D eigenvalue weighted by Gasteiger charge is -2.15. The Morgan fingerprint density at radius 2 is 2.11 bits per heavy atom. The molecule has 8 heteroatoms. The van der Waals surface area contributed by atoms with Gasteiger partial charge in [-0.05, 0) is 23.6 Å². The lowest BCUT2D eigenvalue weighted by atomic mass is 10.0. The van der Waals surface area contributed by atoms with Gasteiger partial charge in [0.2, 0.25) is 0 Å². The van der Waals surface area contributed by atoms with Crippen molar-refractivity contribution >= 4 is 28.4 Å². The molecule has 3 aromatic rings. The molecule has 1 N–H and O–H groups in total. The quantitative estimate of drug-likeness (QED) is 0.724. The maximum Gasteiger partial charge on any atom is 0.259 e. The summed E-state index contributed by atoms with van der Waals surface area (Å²) in [6, 6.07) is 6.79. The fourth-order valence-electron chi connectivity index (χ4n) is 2.85. The Hall–Kier alpha value is -3.00. The molecule has 0 saturated carbocycles. The summed E-state index contributed by atoms with van der Waals surface area (Å²) < 4.78 is 18.9. The number of hydrogen-bond donors (Lipinski definition) is 1. The maximum atomic E-state index is 13.6. The van der Waals surface area contributed by atoms with Gasteiger partial charge in [-0.25, -0.2) is 9.37 Å². The molecule has 2 unspecified atom stereocenters. The number of allylic oxidation sites excluding steroid dienone is 1. The Labute approximate surface area is 158 Å². The number of anilines is 1. The van der Waals surface area contributed by atoms with Crippen LogP contribution in [0.1, 0.15) is 33.9 Å². The van der Waals surface area contributed by atoms with Crippen LogP contribution in [0.5, 0.6) is 0 Å². The summed E-state index contributed by atoms with van der Waals surface area (Å²) in [7, 11) is 0. The third-order valence-electron chi connectivity index (χ3n) is 4.20. The first-order chi connectivity index (χ1) is 13.1. The summed E-state index contributed by atoms with van der Waals surface area (Å²) in [5, 5.41) is 6.54. The van der Waals surface area contributed by atoms with Gasteiger partial charge in [0.05, 0.1) is 18.0 Å². The van der Waals surface area contributed by atoms with E-state index in [-0.39, 0.29) is 10.8 Å². The van der Waals surface area contributed by atoms with E-state index in [2.05, 4.69) is 33.4 Å². The number of thioether (sulfide) groups is 1. The number of carbonyl (C=O) groups excluding carboxylic acids is 1. The van der Waals surface area contributed by atoms with E-state index in [0.717, 1.165) is 22.4 Å². The van der Waals surface area contributed by atoms with Crippen LogP contribution in [0.4, 0.5) is 10.2 Å². The predicted molar refractivity (Wildman–Crippen MR) is 100 cm³/mol. The van der Waals surface area contributed by atoms with Crippen molar-refractivity contribution in [1.82, 2.24) is 15.1 Å². The minimum absolute atomic E-state index is 0.0725. The van der Waals surface area contributed by atoms with Gasteiger partial charge >= 0.3 is 0 Å². The number of amides is 1. The first-order valence-corrected chi connectivity index (χ1v) is 9.16. The smallest absolute Gasteiger partial charge is 0.259 e. The van der Waals surface area contributed by atoms with Crippen molar-refractivity contribution < 1.29 is 13.7 Å². The van der Waals surface area contributed by atoms with Crippen LogP contribution >= 0.6 is 11.8 Å². The fraction of sp³-hybridized carbons (Fsp3) is 0.158. The second-order valence-corrected chi connectivity index (χ2v) is 7.27. The molecule has 0 radical (unpaired) electrons. The van der Waals surface area contributed by atoms with Gasteiger partial charge in [0.15, 0.2) is 11.6 Å². The van der Waals surface area contributed by atoms with Crippen molar-refractivity contribution in [1.29, 1.82) is 0 Å². The van der Waals surface area contributed by atoms with E-state index < -0.39 is 11.7 Å². The summed E-state index contributed by atoms with van der Waals surface area (Å²) in [5.74, 6) is 0.176. The third-order valence-corrected chi connectivity index (χ3v) is 5.75. The van der Waals surface area contributed by atoms with Crippen molar-refractivity contribution in [3.63, 3.8) is 0 Å². The van der Waals surface area contributed by atoms with Gasteiger partial charge in [0, 0.05) is 28.6 Å². The molecule has 0 fully saturated rings. The van der Waals surface area contributed by atoms with Crippen LogP contribution in [0.25, 0.3) is 4.91 Å². The van der Waals surface area contributed by atoms with Gasteiger partial charge in [-0.1, -0.05) is 24.2 Å². The van der Waals surface area contributed by atoms with E-state index in [1.165, 1.54) is 12.3 Å². The van der Waals surface area contributed by atoms with Gasteiger partial charge in [0.1, 0.15) is 5.82 Å². The number of hydrogen-bond acceptors (Lipinski definition) is 6. The third kappa shape index (κ3) is 3.61. The van der Waals surface area contributed by atoms with Crippen molar-refractivity contribution in [2.45, 2.75) is 12.2 Å². The highest BCUT2D eigenvalue weighted by Crippen LogP contribution is 2.51. The van der Waals surface area contributed by atoms with Crippen LogP contribution in [0.15, 0.2) is 59.7 Å². The van der Waals surface area contributed by atoms with Crippen molar-refractivity contribution in [2.24, 2.45) is 5.92 Å². The zero-order valence-electron chi connectivity index (χ0n) is 14.3. The molecule has 0 saturated heterocycles. The largest absolute Gasteiger partial charge is 0.356 e. The lowest BCUT2D eigenvalue weighted by molar-refractivity contribution is 0.102. The molecular weight excluding hydrogens is 367 g/mol. The molecule has 0 aliphatic carbocycles. The summed E-state index contributed by atoms with van der Waals surface area (Å²) in [4.78, 5) is 21.1. The Bertz CT molecular complexity index is 989. The second kappa shape index (κ2) is 7.32. The highest BCUT2D eigenvalue weighted by atomic mass is 32.2. The van der Waals surface area contributed by atoms with Gasteiger partial charge in [-0.3, -0.25) is 9.78 Å². The number of rotatable bonds is 4. The molecule has 1 aliphatic heterocycles. The molecule has 6 nitrogen and oxygen atoms in total. The maximum absolute atomic E-state index is 13.6. The molecule has 136 valence electrons. The van der Waals surface area contributed by atoms with E-state index in [0.29, 0.717) is 11.7 Å². The minimum Gasteiger partial charge on any atom is -0.356 e. The van der Waals surface area contributed by atoms with E-state index >= 15 is 0 Å². The van der Waals surface area contributed by atoms with Gasteiger partial charge in [0.25, 0.3) is 5.91 Å². The number of carbonyl (C=O) groups is 1. The second-order valence-electron chi connectivity index (χ2n) is 6.09. The normalized spacial score (nSPS) is 19.0. The fourth-order valence-corrected chi connectivity index (χ4v) is 4.21. The molecule has 4 rings (SSSR count). The van der Waals surface area contributed by atoms with E-state index in [1.54, 1.807) is 30.2 Å². The zero-order chi connectivity index (χ0) is 18.8. The SMILES string of the molecule is CC1C=C(c2ccno2)SC1c1ccc(NC(=O)c2ccncc2F)nc1. The van der Waals surface area contributed by atoms with Crippen LogP contribution in [0, 0.1) is 11.7 Å². The lowest BCUT2D eigenvalue weighted by Crippen LogP contribution is -2.15. The Morgan fingerprint density at radius 3 is 2.81 bits per heavy atom. The molecule has 0 aromatic carbocycles. The Morgan fingerprint density at radius 1 is 1.22 bits per heavy atom. The number of pyridine rings is 2. The van der Waals surface area contributed by atoms with Crippen molar-refractivity contribution in [3.8, 4) is 0 Å². The number of halogens is 1. The highest BCUT2D eigenvalue weighted by molar-refractivity contribution is 8.08. The number of nitrogens with one attached hydrogen (secondary N) is 1. The van der Waals surface area contributed by atoms with Crippen LogP contribution in [0.3, 0.4) is 0 Å². The molecule has 27 heavy (non-hydrogen) atoms. The first-order valence-electron chi connectivity index (χ1n) is 8.28. The van der Waals surface area contributed by atoms with Crippen molar-refractivity contribution in [3.05, 3.63) is 77.8 Å². The highest BCUT2D eigenvalue weighted by Gasteiger charge is 2.29. The summed E-state index contributed by atoms with van der Waals surface area (Å²) in [5.41, 5.74) is 0.961. The molecule has 2 atom stereocenters. The van der Waals surface area contributed by atoms with Crippen LogP contribution in [-0.2, 0) is 0 Å². The molecule has 1 amide bonds. The molecule has 3 aromatic heterocycles. The van der Waals surface area contributed by atoms with Crippen molar-refractivity contribution in [2.75, 3.05) is 5.32 Å². The van der Waals surface area contributed by atoms with Gasteiger partial charge < -0.3 is 9.84 Å². The summed E-state index contributed by atoms with van der Waals surface area (Å²) >= 11 is 1.69. The monoisotopic (exact) mass is 382 g/mol. The predicted octanol–water partition coefficient (Wildman–Crippen LogP) is 4.32. The van der Waals surface area contributed by atoms with E-state index in [1.807, 2.05) is 12.1 Å². The molecule has 0 spiro atoms. The van der Waals surface area contributed by atoms with Crippen LogP contribution < -0.4 is 5.32 Å². The van der Waals surface area contributed by atoms with E-state index in [9.17, 15) is 9.18 Å². The molecule has 1 aliphatic rings. The van der Waals surface area contributed by atoms with E-state index in [4.69, 9.17) is 4.52 Å².